The van der Waals surface area contributed by atoms with Gasteiger partial charge in [-0.15, -0.1) is 5.10 Å². The standard InChI is InChI=1S/C16H14N4O2S/c1-10-4-3-5-14(11(10)2)22-15-7-6-12(8-17-15)18-16(21)13-9-23-20-19-13/h3-9H,1-2H3,(H,18,21). The third kappa shape index (κ3) is 3.51. The minimum atomic E-state index is -0.316. The molecule has 0 aliphatic carbocycles. The topological polar surface area (TPSA) is 77.0 Å². The van der Waals surface area contributed by atoms with Crippen molar-refractivity contribution in [3.05, 3.63) is 58.7 Å². The zero-order valence-corrected chi connectivity index (χ0v) is 13.4. The van der Waals surface area contributed by atoms with Gasteiger partial charge in [0.15, 0.2) is 5.69 Å². The molecule has 2 heterocycles. The predicted octanol–water partition coefficient (Wildman–Crippen LogP) is 3.59. The summed E-state index contributed by atoms with van der Waals surface area (Å²) in [5, 5.41) is 8.00. The van der Waals surface area contributed by atoms with E-state index in [1.54, 1.807) is 17.5 Å². The smallest absolute Gasteiger partial charge is 0.277 e. The first-order chi connectivity index (χ1) is 11.1. The van der Waals surface area contributed by atoms with Crippen LogP contribution in [0.15, 0.2) is 41.9 Å². The molecule has 0 aliphatic rings. The van der Waals surface area contributed by atoms with Gasteiger partial charge in [0.05, 0.1) is 11.9 Å². The number of aromatic nitrogens is 3. The van der Waals surface area contributed by atoms with E-state index in [0.717, 1.165) is 28.4 Å². The number of rotatable bonds is 4. The van der Waals surface area contributed by atoms with E-state index in [4.69, 9.17) is 4.74 Å². The Hall–Kier alpha value is -2.80. The molecule has 0 saturated heterocycles. The number of anilines is 1. The van der Waals surface area contributed by atoms with Crippen LogP contribution in [0.2, 0.25) is 0 Å². The van der Waals surface area contributed by atoms with Crippen molar-refractivity contribution in [3.8, 4) is 11.6 Å². The van der Waals surface area contributed by atoms with Crippen LogP contribution in [-0.4, -0.2) is 20.5 Å². The number of nitrogens with zero attached hydrogens (tertiary/aromatic N) is 3. The van der Waals surface area contributed by atoms with Gasteiger partial charge in [-0.3, -0.25) is 4.79 Å². The highest BCUT2D eigenvalue weighted by atomic mass is 32.1. The first-order valence-electron chi connectivity index (χ1n) is 6.92. The maximum absolute atomic E-state index is 11.9. The molecule has 3 aromatic rings. The van der Waals surface area contributed by atoms with Crippen molar-refractivity contribution in [3.63, 3.8) is 0 Å². The SMILES string of the molecule is Cc1cccc(Oc2ccc(NC(=O)c3csnn3)cn2)c1C. The van der Waals surface area contributed by atoms with Gasteiger partial charge >= 0.3 is 0 Å². The second-order valence-electron chi connectivity index (χ2n) is 4.93. The number of carbonyl (C=O) groups excluding carboxylic acids is 1. The van der Waals surface area contributed by atoms with Crippen molar-refractivity contribution in [2.75, 3.05) is 5.32 Å². The number of aryl methyl sites for hydroxylation is 1. The maximum Gasteiger partial charge on any atom is 0.277 e. The Labute approximate surface area is 137 Å². The summed E-state index contributed by atoms with van der Waals surface area (Å²) in [7, 11) is 0. The summed E-state index contributed by atoms with van der Waals surface area (Å²) in [6.45, 7) is 4.03. The monoisotopic (exact) mass is 326 g/mol. The average molecular weight is 326 g/mol. The van der Waals surface area contributed by atoms with Gasteiger partial charge in [-0.25, -0.2) is 4.98 Å². The van der Waals surface area contributed by atoms with Gasteiger partial charge in [0.2, 0.25) is 5.88 Å². The Bertz CT molecular complexity index is 817. The Morgan fingerprint density at radius 1 is 1.22 bits per heavy atom. The lowest BCUT2D eigenvalue weighted by atomic mass is 10.1. The van der Waals surface area contributed by atoms with Gasteiger partial charge in [0, 0.05) is 11.4 Å². The molecule has 0 saturated carbocycles. The zero-order chi connectivity index (χ0) is 16.2. The fourth-order valence-electron chi connectivity index (χ4n) is 1.92. The summed E-state index contributed by atoms with van der Waals surface area (Å²) in [6.07, 6.45) is 1.54. The summed E-state index contributed by atoms with van der Waals surface area (Å²) in [6, 6.07) is 9.30. The number of carbonyl (C=O) groups is 1. The molecule has 1 amide bonds. The molecule has 0 aliphatic heterocycles. The maximum atomic E-state index is 11.9. The Morgan fingerprint density at radius 2 is 2.09 bits per heavy atom. The van der Waals surface area contributed by atoms with Crippen LogP contribution in [0.25, 0.3) is 0 Å². The van der Waals surface area contributed by atoms with Crippen LogP contribution in [0.1, 0.15) is 21.6 Å². The van der Waals surface area contributed by atoms with Crippen LogP contribution < -0.4 is 10.1 Å². The summed E-state index contributed by atoms with van der Waals surface area (Å²) in [4.78, 5) is 16.1. The van der Waals surface area contributed by atoms with Crippen molar-refractivity contribution < 1.29 is 9.53 Å². The predicted molar refractivity (Wildman–Crippen MR) is 88.1 cm³/mol. The van der Waals surface area contributed by atoms with E-state index in [2.05, 4.69) is 19.9 Å². The molecule has 0 atom stereocenters. The molecule has 6 nitrogen and oxygen atoms in total. The van der Waals surface area contributed by atoms with Crippen molar-refractivity contribution >= 4 is 23.1 Å². The van der Waals surface area contributed by atoms with Gasteiger partial charge in [-0.2, -0.15) is 0 Å². The molecule has 0 radical (unpaired) electrons. The highest BCUT2D eigenvalue weighted by Crippen LogP contribution is 2.26. The fourth-order valence-corrected chi connectivity index (χ4v) is 2.36. The summed E-state index contributed by atoms with van der Waals surface area (Å²) < 4.78 is 9.43. The molecule has 116 valence electrons. The third-order valence-electron chi connectivity index (χ3n) is 3.36. The van der Waals surface area contributed by atoms with E-state index in [0.29, 0.717) is 11.6 Å². The molecule has 23 heavy (non-hydrogen) atoms. The van der Waals surface area contributed by atoms with Gasteiger partial charge < -0.3 is 10.1 Å². The van der Waals surface area contributed by atoms with Crippen LogP contribution in [0.4, 0.5) is 5.69 Å². The molecule has 0 spiro atoms. The minimum absolute atomic E-state index is 0.283. The number of benzene rings is 1. The van der Waals surface area contributed by atoms with Crippen molar-refractivity contribution in [1.29, 1.82) is 0 Å². The lowest BCUT2D eigenvalue weighted by molar-refractivity contribution is 0.102. The van der Waals surface area contributed by atoms with Crippen molar-refractivity contribution in [2.24, 2.45) is 0 Å². The number of nitrogens with one attached hydrogen (secondary N) is 1. The number of hydrogen-bond donors (Lipinski definition) is 1. The van der Waals surface area contributed by atoms with Crippen molar-refractivity contribution in [1.82, 2.24) is 14.6 Å². The van der Waals surface area contributed by atoms with E-state index in [1.807, 2.05) is 32.0 Å². The number of pyridine rings is 1. The van der Waals surface area contributed by atoms with E-state index in [1.165, 1.54) is 6.20 Å². The van der Waals surface area contributed by atoms with Crippen LogP contribution in [-0.2, 0) is 0 Å². The summed E-state index contributed by atoms with van der Waals surface area (Å²) in [5.74, 6) is 0.915. The number of ether oxygens (including phenoxy) is 1. The molecule has 1 aromatic carbocycles. The Morgan fingerprint density at radius 3 is 2.78 bits per heavy atom. The lowest BCUT2D eigenvalue weighted by Gasteiger charge is -2.10. The van der Waals surface area contributed by atoms with Crippen LogP contribution in [0.5, 0.6) is 11.6 Å². The van der Waals surface area contributed by atoms with Crippen LogP contribution in [0.3, 0.4) is 0 Å². The molecule has 3 rings (SSSR count). The Balaban J connectivity index is 1.70. The van der Waals surface area contributed by atoms with Gasteiger partial charge in [0.25, 0.3) is 5.91 Å². The third-order valence-corrected chi connectivity index (χ3v) is 3.86. The zero-order valence-electron chi connectivity index (χ0n) is 12.6. The van der Waals surface area contributed by atoms with Crippen LogP contribution >= 0.6 is 11.5 Å². The summed E-state index contributed by atoms with van der Waals surface area (Å²) in [5.41, 5.74) is 3.08. The summed E-state index contributed by atoms with van der Waals surface area (Å²) >= 11 is 1.13. The fraction of sp³-hybridized carbons (Fsp3) is 0.125. The second kappa shape index (κ2) is 6.53. The minimum Gasteiger partial charge on any atom is -0.439 e. The van der Waals surface area contributed by atoms with E-state index in [9.17, 15) is 4.79 Å². The molecule has 1 N–H and O–H groups in total. The molecular formula is C16H14N4O2S. The van der Waals surface area contributed by atoms with Crippen LogP contribution in [0, 0.1) is 13.8 Å². The van der Waals surface area contributed by atoms with E-state index >= 15 is 0 Å². The second-order valence-corrected chi connectivity index (χ2v) is 5.54. The highest BCUT2D eigenvalue weighted by molar-refractivity contribution is 7.03. The Kier molecular flexibility index (Phi) is 4.29. The molecule has 7 heteroatoms. The highest BCUT2D eigenvalue weighted by Gasteiger charge is 2.10. The molecular weight excluding hydrogens is 312 g/mol. The number of hydrogen-bond acceptors (Lipinski definition) is 6. The largest absolute Gasteiger partial charge is 0.439 e. The average Bonchev–Trinajstić information content (AvgIpc) is 3.08. The first kappa shape index (κ1) is 15.1. The molecule has 0 bridgehead atoms. The van der Waals surface area contributed by atoms with Gasteiger partial charge in [0.1, 0.15) is 5.75 Å². The van der Waals surface area contributed by atoms with E-state index in [-0.39, 0.29) is 11.6 Å². The molecule has 0 unspecified atom stereocenters. The van der Waals surface area contributed by atoms with Gasteiger partial charge in [-0.1, -0.05) is 16.6 Å². The van der Waals surface area contributed by atoms with E-state index < -0.39 is 0 Å². The van der Waals surface area contributed by atoms with Gasteiger partial charge in [-0.05, 0) is 48.6 Å². The quantitative estimate of drug-likeness (QED) is 0.793. The lowest BCUT2D eigenvalue weighted by Crippen LogP contribution is -2.12. The molecule has 0 fully saturated rings. The molecule has 2 aromatic heterocycles. The first-order valence-corrected chi connectivity index (χ1v) is 7.75. The number of amides is 1. The van der Waals surface area contributed by atoms with Crippen molar-refractivity contribution in [2.45, 2.75) is 13.8 Å². The normalized spacial score (nSPS) is 10.3.